The lowest BCUT2D eigenvalue weighted by Gasteiger charge is -2.25. The topological polar surface area (TPSA) is 102 Å². The number of carbonyl (C=O) groups is 2. The molecule has 2 unspecified atom stereocenters. The summed E-state index contributed by atoms with van der Waals surface area (Å²) in [7, 11) is 7.62. The Morgan fingerprint density at radius 3 is 2.18 bits per heavy atom. The van der Waals surface area contributed by atoms with Gasteiger partial charge in [-0.25, -0.2) is 9.78 Å². The molecule has 2 amide bonds. The highest BCUT2D eigenvalue weighted by Gasteiger charge is 2.43. The number of ether oxygens (including phenoxy) is 6. The van der Waals surface area contributed by atoms with Gasteiger partial charge in [-0.15, -0.1) is 4.48 Å². The highest BCUT2D eigenvalue weighted by atomic mass is 16.6. The number of pyridine rings is 1. The molecule has 1 aromatic carbocycles. The number of methoxy groups -OCH3 is 4. The Balaban J connectivity index is 1.91. The number of benzene rings is 1. The van der Waals surface area contributed by atoms with Crippen LogP contribution in [0.15, 0.2) is 36.5 Å². The summed E-state index contributed by atoms with van der Waals surface area (Å²) in [5.41, 5.74) is 0.944. The lowest BCUT2D eigenvalue weighted by molar-refractivity contribution is -0.126. The molecule has 2 rings (SSSR count). The second-order valence-electron chi connectivity index (χ2n) is 7.51. The van der Waals surface area contributed by atoms with Crippen molar-refractivity contribution in [3.8, 4) is 17.2 Å². The number of nitrogens with zero attached hydrogens (tertiary/aromatic N) is 2. The number of amides is 2. The zero-order valence-electron chi connectivity index (χ0n) is 20.5. The molecule has 0 saturated carbocycles. The molecule has 2 aromatic rings. The number of hydrogen-bond donors (Lipinski definition) is 0. The van der Waals surface area contributed by atoms with Crippen LogP contribution in [-0.4, -0.2) is 78.4 Å². The lowest BCUT2D eigenvalue weighted by atomic mass is 10.1. The minimum absolute atomic E-state index is 0.0759. The largest absolute Gasteiger partial charge is 0.530 e. The van der Waals surface area contributed by atoms with Crippen molar-refractivity contribution in [1.29, 1.82) is 0 Å². The van der Waals surface area contributed by atoms with E-state index < -0.39 is 22.6 Å². The third-order valence-corrected chi connectivity index (χ3v) is 5.39. The van der Waals surface area contributed by atoms with E-state index >= 15 is 0 Å². The average Bonchev–Trinajstić information content (AvgIpc) is 2.87. The zero-order valence-corrected chi connectivity index (χ0v) is 20.5. The smallest absolute Gasteiger partial charge is 0.493 e. The number of imide groups is 1. The standard InChI is InChI=1S/C24H33N2O8/c1-17(27)26(2,22-9-7-8-11-25-22)24(28)34-16-19(29-3)15-33-12-10-18-13-20(30-4)23(32-6)21(14-18)31-5/h7-9,11,13-14,19H,10,12,15-16H2,1-6H3/q+1. The Bertz CT molecular complexity index is 928. The van der Waals surface area contributed by atoms with Gasteiger partial charge in [-0.3, -0.25) is 0 Å². The number of aromatic nitrogens is 1. The summed E-state index contributed by atoms with van der Waals surface area (Å²) >= 11 is 0. The van der Waals surface area contributed by atoms with E-state index in [4.69, 9.17) is 28.4 Å². The fourth-order valence-corrected chi connectivity index (χ4v) is 3.16. The monoisotopic (exact) mass is 477 g/mol. The molecular weight excluding hydrogens is 444 g/mol. The van der Waals surface area contributed by atoms with Gasteiger partial charge in [0.2, 0.25) is 11.6 Å². The first-order valence-corrected chi connectivity index (χ1v) is 10.7. The van der Waals surface area contributed by atoms with E-state index in [1.165, 1.54) is 27.3 Å². The normalized spacial score (nSPS) is 13.5. The fraction of sp³-hybridized carbons (Fsp3) is 0.458. The van der Waals surface area contributed by atoms with Crippen LogP contribution in [0.25, 0.3) is 0 Å². The Hall–Kier alpha value is -3.21. The van der Waals surface area contributed by atoms with E-state index in [2.05, 4.69) is 4.98 Å². The maximum Gasteiger partial charge on any atom is 0.530 e. The minimum atomic E-state index is -0.745. The quantitative estimate of drug-likeness (QED) is 0.337. The Morgan fingerprint density at radius 1 is 1.00 bits per heavy atom. The maximum absolute atomic E-state index is 12.8. The molecule has 2 atom stereocenters. The van der Waals surface area contributed by atoms with Crippen molar-refractivity contribution in [2.45, 2.75) is 19.4 Å². The number of hydrogen-bond acceptors (Lipinski definition) is 9. The van der Waals surface area contributed by atoms with Crippen LogP contribution in [0.4, 0.5) is 10.6 Å². The first-order chi connectivity index (χ1) is 16.3. The lowest BCUT2D eigenvalue weighted by Crippen LogP contribution is -2.55. The molecule has 0 aliphatic heterocycles. The van der Waals surface area contributed by atoms with Crippen molar-refractivity contribution >= 4 is 17.8 Å². The SMILES string of the molecule is COc1cc(CCOCC(COC(=O)[N+](C)(C(C)=O)c2ccccn2)OC)cc(OC)c1OC. The molecule has 10 heteroatoms. The second-order valence-corrected chi connectivity index (χ2v) is 7.51. The van der Waals surface area contributed by atoms with Crippen molar-refractivity contribution < 1.29 is 38.0 Å². The summed E-state index contributed by atoms with van der Waals surface area (Å²) in [6.07, 6.45) is 0.854. The molecule has 0 bridgehead atoms. The maximum atomic E-state index is 12.8. The number of quaternary nitrogens is 1. The highest BCUT2D eigenvalue weighted by molar-refractivity contribution is 6.03. The van der Waals surface area contributed by atoms with Crippen LogP contribution in [-0.2, 0) is 25.4 Å². The fourth-order valence-electron chi connectivity index (χ4n) is 3.16. The molecule has 0 saturated heterocycles. The van der Waals surface area contributed by atoms with Crippen LogP contribution in [0, 0.1) is 0 Å². The van der Waals surface area contributed by atoms with E-state index in [-0.39, 0.29) is 19.0 Å². The van der Waals surface area contributed by atoms with Gasteiger partial charge in [0.25, 0.3) is 0 Å². The molecule has 0 N–H and O–H groups in total. The van der Waals surface area contributed by atoms with Crippen molar-refractivity contribution in [2.24, 2.45) is 0 Å². The molecule has 10 nitrogen and oxygen atoms in total. The van der Waals surface area contributed by atoms with Crippen LogP contribution < -0.4 is 18.7 Å². The number of carbonyl (C=O) groups excluding carboxylic acids is 2. The van der Waals surface area contributed by atoms with Crippen molar-refractivity contribution in [3.63, 3.8) is 0 Å². The van der Waals surface area contributed by atoms with Crippen LogP contribution in [0.5, 0.6) is 17.2 Å². The highest BCUT2D eigenvalue weighted by Crippen LogP contribution is 2.38. The van der Waals surface area contributed by atoms with Gasteiger partial charge in [0.15, 0.2) is 11.5 Å². The summed E-state index contributed by atoms with van der Waals surface area (Å²) < 4.78 is 31.9. The van der Waals surface area contributed by atoms with Crippen molar-refractivity contribution in [2.75, 3.05) is 55.3 Å². The predicted octanol–water partition coefficient (Wildman–Crippen LogP) is 3.00. The average molecular weight is 478 g/mol. The minimum Gasteiger partial charge on any atom is -0.493 e. The van der Waals surface area contributed by atoms with E-state index in [9.17, 15) is 9.59 Å². The Morgan fingerprint density at radius 2 is 1.68 bits per heavy atom. The summed E-state index contributed by atoms with van der Waals surface area (Å²) in [6.45, 7) is 1.83. The summed E-state index contributed by atoms with van der Waals surface area (Å²) in [4.78, 5) is 29.2. The molecule has 0 spiro atoms. The summed E-state index contributed by atoms with van der Waals surface area (Å²) in [5, 5.41) is 0. The first kappa shape index (κ1) is 27.0. The molecule has 0 radical (unpaired) electrons. The molecule has 0 fully saturated rings. The molecule has 1 aromatic heterocycles. The first-order valence-electron chi connectivity index (χ1n) is 10.7. The van der Waals surface area contributed by atoms with Crippen LogP contribution in [0.1, 0.15) is 12.5 Å². The van der Waals surface area contributed by atoms with Gasteiger partial charge in [-0.2, -0.15) is 4.79 Å². The molecule has 0 aliphatic rings. The van der Waals surface area contributed by atoms with Gasteiger partial charge in [-0.05, 0) is 30.2 Å². The van der Waals surface area contributed by atoms with Gasteiger partial charge >= 0.3 is 12.0 Å². The Kier molecular flexibility index (Phi) is 10.2. The predicted molar refractivity (Wildman–Crippen MR) is 125 cm³/mol. The van der Waals surface area contributed by atoms with Gasteiger partial charge in [0.05, 0.1) is 48.5 Å². The van der Waals surface area contributed by atoms with E-state index in [0.717, 1.165) is 5.56 Å². The van der Waals surface area contributed by atoms with Crippen molar-refractivity contribution in [3.05, 3.63) is 42.1 Å². The van der Waals surface area contributed by atoms with E-state index in [1.807, 2.05) is 12.1 Å². The van der Waals surface area contributed by atoms with Crippen LogP contribution in [0.2, 0.25) is 0 Å². The Labute approximate surface area is 199 Å². The van der Waals surface area contributed by atoms with Crippen molar-refractivity contribution in [1.82, 2.24) is 9.47 Å². The molecule has 186 valence electrons. The zero-order chi connectivity index (χ0) is 25.1. The molecular formula is C24H33N2O8+. The van der Waals surface area contributed by atoms with Gasteiger partial charge in [-0.1, -0.05) is 6.07 Å². The molecule has 1 heterocycles. The van der Waals surface area contributed by atoms with Gasteiger partial charge in [0.1, 0.15) is 12.7 Å². The van der Waals surface area contributed by atoms with Crippen LogP contribution >= 0.6 is 0 Å². The van der Waals surface area contributed by atoms with Gasteiger partial charge < -0.3 is 28.4 Å². The van der Waals surface area contributed by atoms with E-state index in [1.54, 1.807) is 39.5 Å². The summed E-state index contributed by atoms with van der Waals surface area (Å²) in [6, 6.07) is 8.73. The summed E-state index contributed by atoms with van der Waals surface area (Å²) in [5.74, 6) is 1.52. The number of rotatable bonds is 12. The third-order valence-electron chi connectivity index (χ3n) is 5.39. The molecule has 34 heavy (non-hydrogen) atoms. The van der Waals surface area contributed by atoms with Crippen LogP contribution in [0.3, 0.4) is 0 Å². The van der Waals surface area contributed by atoms with Gasteiger partial charge in [0, 0.05) is 19.4 Å². The second kappa shape index (κ2) is 12.9. The third kappa shape index (κ3) is 6.43. The molecule has 0 aliphatic carbocycles. The van der Waals surface area contributed by atoms with E-state index in [0.29, 0.717) is 30.3 Å².